The Kier molecular flexibility index (Phi) is 8.83. The van der Waals surface area contributed by atoms with Crippen molar-refractivity contribution in [3.63, 3.8) is 0 Å². The molecule has 0 saturated carbocycles. The molecule has 0 saturated heterocycles. The quantitative estimate of drug-likeness (QED) is 0.375. The number of carbonyl (C=O) groups is 1. The zero-order valence-electron chi connectivity index (χ0n) is 4.06. The number of carboxylic acids is 1. The van der Waals surface area contributed by atoms with Gasteiger partial charge in [0.2, 0.25) is 0 Å². The first-order valence-corrected chi connectivity index (χ1v) is 1.49. The van der Waals surface area contributed by atoms with Crippen molar-refractivity contribution >= 4 is 35.5 Å². The van der Waals surface area contributed by atoms with Crippen molar-refractivity contribution in [2.45, 2.75) is 13.3 Å². The molecule has 0 atom stereocenters. The topological polar surface area (TPSA) is 37.3 Å². The monoisotopic (exact) mass is 100 g/mol. The first kappa shape index (κ1) is 9.69. The van der Waals surface area contributed by atoms with Crippen LogP contribution in [-0.2, 0) is 4.79 Å². The predicted molar refractivity (Wildman–Crippen MR) is 23.7 cm³/mol. The third-order valence-electron chi connectivity index (χ3n) is 0.302. The number of carboxylic acid groups (broad SMARTS) is 1. The molecule has 1 radical (unpaired) electrons. The molecule has 3 heteroatoms. The second-order valence-electron chi connectivity index (χ2n) is 0.747. The van der Waals surface area contributed by atoms with Gasteiger partial charge in [-0.15, -0.1) is 0 Å². The molecule has 6 heavy (non-hydrogen) atoms. The first-order chi connectivity index (χ1) is 2.27. The second-order valence-corrected chi connectivity index (χ2v) is 0.747. The van der Waals surface area contributed by atoms with Crippen LogP contribution in [0.25, 0.3) is 0 Å². The summed E-state index contributed by atoms with van der Waals surface area (Å²) in [6, 6.07) is 0. The van der Waals surface area contributed by atoms with Crippen LogP contribution in [0.15, 0.2) is 0 Å². The molecular formula is C3H6NaO2. The van der Waals surface area contributed by atoms with Crippen LogP contribution in [0.4, 0.5) is 0 Å². The summed E-state index contributed by atoms with van der Waals surface area (Å²) < 4.78 is 0. The third-order valence-corrected chi connectivity index (χ3v) is 0.302. The zero-order chi connectivity index (χ0) is 4.28. The van der Waals surface area contributed by atoms with Gasteiger partial charge in [-0.2, -0.15) is 0 Å². The van der Waals surface area contributed by atoms with E-state index in [-0.39, 0.29) is 36.0 Å². The van der Waals surface area contributed by atoms with Crippen LogP contribution in [0.2, 0.25) is 0 Å². The average molecular weight is 100 g/mol. The van der Waals surface area contributed by atoms with Gasteiger partial charge in [0.05, 0.1) is 0 Å². The molecule has 0 aromatic heterocycles. The summed E-state index contributed by atoms with van der Waals surface area (Å²) >= 11 is 0. The zero-order valence-corrected chi connectivity index (χ0v) is 6.06. The van der Waals surface area contributed by atoms with Gasteiger partial charge >= 0.3 is 5.97 Å². The van der Waals surface area contributed by atoms with E-state index < -0.39 is 5.97 Å². The van der Waals surface area contributed by atoms with Crippen molar-refractivity contribution in [3.05, 3.63) is 0 Å². The van der Waals surface area contributed by atoms with E-state index in [1.165, 1.54) is 0 Å². The van der Waals surface area contributed by atoms with Gasteiger partial charge in [0.15, 0.2) is 0 Å². The van der Waals surface area contributed by atoms with E-state index in [9.17, 15) is 4.79 Å². The summed E-state index contributed by atoms with van der Waals surface area (Å²) in [7, 11) is 0. The Morgan fingerprint density at radius 1 is 1.83 bits per heavy atom. The molecule has 2 nitrogen and oxygen atoms in total. The van der Waals surface area contributed by atoms with Gasteiger partial charge in [0.1, 0.15) is 0 Å². The van der Waals surface area contributed by atoms with Crippen molar-refractivity contribution in [1.82, 2.24) is 0 Å². The fraction of sp³-hybridized carbons (Fsp3) is 0.667. The van der Waals surface area contributed by atoms with Gasteiger partial charge in [-0.05, 0) is 0 Å². The number of rotatable bonds is 1. The van der Waals surface area contributed by atoms with E-state index in [2.05, 4.69) is 0 Å². The molecule has 0 aromatic rings. The predicted octanol–water partition coefficient (Wildman–Crippen LogP) is 0.100. The van der Waals surface area contributed by atoms with Crippen LogP contribution in [0, 0.1) is 0 Å². The Balaban J connectivity index is 0. The summed E-state index contributed by atoms with van der Waals surface area (Å²) in [5.41, 5.74) is 0. The van der Waals surface area contributed by atoms with Gasteiger partial charge in [-0.1, -0.05) is 6.92 Å². The maximum atomic E-state index is 9.37. The van der Waals surface area contributed by atoms with Crippen LogP contribution in [0.5, 0.6) is 0 Å². The van der Waals surface area contributed by atoms with Crippen molar-refractivity contribution in [3.8, 4) is 0 Å². The van der Waals surface area contributed by atoms with Crippen molar-refractivity contribution in [2.24, 2.45) is 0 Å². The minimum absolute atomic E-state index is 0. The molecule has 0 unspecified atom stereocenters. The van der Waals surface area contributed by atoms with Crippen molar-refractivity contribution in [1.29, 1.82) is 0 Å². The smallest absolute Gasteiger partial charge is 0.303 e. The Morgan fingerprint density at radius 3 is 2.00 bits per heavy atom. The minimum atomic E-state index is -0.745. The molecule has 0 fully saturated rings. The fourth-order valence-corrected chi connectivity index (χ4v) is 0. The molecule has 0 aromatic carbocycles. The fourth-order valence-electron chi connectivity index (χ4n) is 0. The maximum absolute atomic E-state index is 9.37. The molecule has 0 spiro atoms. The van der Waals surface area contributed by atoms with E-state index in [0.29, 0.717) is 0 Å². The van der Waals surface area contributed by atoms with E-state index in [1.54, 1.807) is 6.92 Å². The second kappa shape index (κ2) is 5.47. The SMILES string of the molecule is [13CH3][13CH2][13C](=O)O.[Na]. The van der Waals surface area contributed by atoms with Gasteiger partial charge in [-0.25, -0.2) is 0 Å². The Hall–Kier alpha value is 0.470. The summed E-state index contributed by atoms with van der Waals surface area (Å²) in [6.45, 7) is 1.60. The summed E-state index contributed by atoms with van der Waals surface area (Å²) in [6.07, 6.45) is 0.222. The van der Waals surface area contributed by atoms with Crippen molar-refractivity contribution < 1.29 is 9.90 Å². The largest absolute Gasteiger partial charge is 0.481 e. The normalized spacial score (nSPS) is 6.17. The summed E-state index contributed by atoms with van der Waals surface area (Å²) in [5.74, 6) is -0.745. The van der Waals surface area contributed by atoms with E-state index in [0.717, 1.165) is 0 Å². The van der Waals surface area contributed by atoms with Gasteiger partial charge in [0.25, 0.3) is 0 Å². The molecule has 0 rings (SSSR count). The first-order valence-electron chi connectivity index (χ1n) is 1.49. The molecule has 31 valence electrons. The van der Waals surface area contributed by atoms with Crippen molar-refractivity contribution in [2.75, 3.05) is 0 Å². The minimum Gasteiger partial charge on any atom is -0.481 e. The number of aliphatic carboxylic acids is 1. The molecule has 1 N–H and O–H groups in total. The van der Waals surface area contributed by atoms with Crippen LogP contribution in [0.1, 0.15) is 13.3 Å². The van der Waals surface area contributed by atoms with E-state index in [1.807, 2.05) is 0 Å². The number of hydrogen-bond donors (Lipinski definition) is 1. The Morgan fingerprint density at radius 2 is 2.00 bits per heavy atom. The number of hydrogen-bond acceptors (Lipinski definition) is 1. The van der Waals surface area contributed by atoms with E-state index in [4.69, 9.17) is 5.11 Å². The summed E-state index contributed by atoms with van der Waals surface area (Å²) in [5, 5.41) is 7.72. The summed E-state index contributed by atoms with van der Waals surface area (Å²) in [4.78, 5) is 9.37. The Labute approximate surface area is 58.8 Å². The van der Waals surface area contributed by atoms with Crippen LogP contribution < -0.4 is 0 Å². The van der Waals surface area contributed by atoms with Gasteiger partial charge < -0.3 is 5.11 Å². The average Bonchev–Trinajstić information content (AvgIpc) is 1.38. The van der Waals surface area contributed by atoms with Gasteiger partial charge in [-0.3, -0.25) is 4.79 Å². The van der Waals surface area contributed by atoms with Crippen LogP contribution >= 0.6 is 0 Å². The molecule has 0 bridgehead atoms. The molecule has 0 aliphatic heterocycles. The van der Waals surface area contributed by atoms with Crippen LogP contribution in [-0.4, -0.2) is 40.6 Å². The molecular weight excluding hydrogens is 94.0 g/mol. The van der Waals surface area contributed by atoms with E-state index >= 15 is 0 Å². The van der Waals surface area contributed by atoms with Crippen LogP contribution in [0.3, 0.4) is 0 Å². The standard InChI is InChI=1S/C3H6O2.Na/c1-2-3(4)5;/h2H2,1H3,(H,4,5);/i1+1,2+1,3+1;. The Bertz CT molecular complexity index is 44.1. The molecule has 0 amide bonds. The molecule has 0 heterocycles. The molecule has 0 aliphatic rings. The third kappa shape index (κ3) is 8.82. The van der Waals surface area contributed by atoms with Gasteiger partial charge in [0, 0.05) is 36.0 Å². The molecule has 0 aliphatic carbocycles. The maximum Gasteiger partial charge on any atom is 0.303 e.